The summed E-state index contributed by atoms with van der Waals surface area (Å²) in [5.41, 5.74) is 12.1. The Morgan fingerprint density at radius 2 is 0.606 bits per heavy atom. The molecule has 0 spiro atoms. The smallest absolute Gasteiger partial charge is 0.0619 e. The van der Waals surface area contributed by atoms with Crippen LogP contribution in [0.25, 0.3) is 65.0 Å². The molecule has 0 saturated carbocycles. The van der Waals surface area contributed by atoms with E-state index in [1.807, 2.05) is 0 Å². The van der Waals surface area contributed by atoms with Crippen LogP contribution in [0, 0.1) is 0 Å². The molecule has 0 amide bonds. The first kappa shape index (κ1) is 41.7. The monoisotopic (exact) mass is 905 g/mol. The van der Waals surface area contributed by atoms with Crippen LogP contribution >= 0.6 is 0 Å². The van der Waals surface area contributed by atoms with Crippen molar-refractivity contribution in [2.75, 3.05) is 14.7 Å². The number of anilines is 9. The Bertz CT molecular complexity index is 4010. The molecule has 0 N–H and O–H groups in total. The van der Waals surface area contributed by atoms with Crippen LogP contribution in [0.15, 0.2) is 285 Å². The summed E-state index contributed by atoms with van der Waals surface area (Å²) in [6, 6.07) is 104. The molecular formula is C68H47N3. The molecule has 0 fully saturated rings. The molecule has 13 aromatic rings. The van der Waals surface area contributed by atoms with Crippen molar-refractivity contribution in [3.63, 3.8) is 0 Å². The van der Waals surface area contributed by atoms with Gasteiger partial charge in [-0.15, -0.1) is 0 Å². The summed E-state index contributed by atoms with van der Waals surface area (Å²) in [7, 11) is 0. The van der Waals surface area contributed by atoms with E-state index in [2.05, 4.69) is 300 Å². The fourth-order valence-corrected chi connectivity index (χ4v) is 10.7. The first-order valence-electron chi connectivity index (χ1n) is 24.3. The van der Waals surface area contributed by atoms with E-state index in [1.165, 1.54) is 37.9 Å². The Balaban J connectivity index is 1.18. The van der Waals surface area contributed by atoms with Crippen molar-refractivity contribution in [2.45, 2.75) is 0 Å². The van der Waals surface area contributed by atoms with Gasteiger partial charge in [0, 0.05) is 55.7 Å². The van der Waals surface area contributed by atoms with Gasteiger partial charge in [0.1, 0.15) is 0 Å². The zero-order valence-electron chi connectivity index (χ0n) is 39.0. The normalized spacial score (nSPS) is 11.4. The van der Waals surface area contributed by atoms with Crippen LogP contribution in [0.4, 0.5) is 51.2 Å². The molecule has 0 heterocycles. The lowest BCUT2D eigenvalue weighted by atomic mass is 9.88. The highest BCUT2D eigenvalue weighted by Gasteiger charge is 2.26. The Morgan fingerprint density at radius 3 is 1.13 bits per heavy atom. The summed E-state index contributed by atoms with van der Waals surface area (Å²) >= 11 is 0. The van der Waals surface area contributed by atoms with Gasteiger partial charge < -0.3 is 14.7 Å². The predicted octanol–water partition coefficient (Wildman–Crippen LogP) is 19.5. The average molecular weight is 906 g/mol. The third-order valence-electron chi connectivity index (χ3n) is 13.9. The van der Waals surface area contributed by atoms with Crippen molar-refractivity contribution in [3.8, 4) is 11.1 Å². The van der Waals surface area contributed by atoms with E-state index in [0.717, 1.165) is 78.3 Å². The molecule has 0 aliphatic heterocycles. The fourth-order valence-electron chi connectivity index (χ4n) is 10.7. The molecule has 0 atom stereocenters. The van der Waals surface area contributed by atoms with Crippen molar-refractivity contribution in [1.82, 2.24) is 0 Å². The maximum atomic E-state index is 2.46. The molecule has 3 nitrogen and oxygen atoms in total. The van der Waals surface area contributed by atoms with E-state index in [4.69, 9.17) is 0 Å². The minimum absolute atomic E-state index is 1.06. The van der Waals surface area contributed by atoms with Gasteiger partial charge in [0.05, 0.1) is 17.1 Å². The van der Waals surface area contributed by atoms with Crippen LogP contribution < -0.4 is 14.7 Å². The third-order valence-corrected chi connectivity index (χ3v) is 13.9. The highest BCUT2D eigenvalue weighted by Crippen LogP contribution is 2.52. The Hall–Kier alpha value is -9.44. The number of fused-ring (bicyclic) bond motifs is 5. The molecule has 0 bridgehead atoms. The van der Waals surface area contributed by atoms with Crippen molar-refractivity contribution in [2.24, 2.45) is 0 Å². The van der Waals surface area contributed by atoms with Crippen LogP contribution in [0.2, 0.25) is 0 Å². The highest BCUT2D eigenvalue weighted by molar-refractivity contribution is 6.24. The van der Waals surface area contributed by atoms with Gasteiger partial charge in [0.15, 0.2) is 0 Å². The van der Waals surface area contributed by atoms with E-state index in [-0.39, 0.29) is 0 Å². The molecule has 3 heteroatoms. The Morgan fingerprint density at radius 1 is 0.197 bits per heavy atom. The number of nitrogens with zero attached hydrogens (tertiary/aromatic N) is 3. The van der Waals surface area contributed by atoms with Gasteiger partial charge in [0.25, 0.3) is 0 Å². The zero-order valence-corrected chi connectivity index (χ0v) is 39.0. The fraction of sp³-hybridized carbons (Fsp3) is 0. The summed E-state index contributed by atoms with van der Waals surface area (Å²) in [6.07, 6.45) is 0. The van der Waals surface area contributed by atoms with Gasteiger partial charge in [-0.05, 0) is 134 Å². The first-order chi connectivity index (χ1) is 35.2. The summed E-state index contributed by atoms with van der Waals surface area (Å²) in [4.78, 5) is 7.31. The molecule has 0 saturated heterocycles. The van der Waals surface area contributed by atoms with Crippen LogP contribution in [0.5, 0.6) is 0 Å². The minimum Gasteiger partial charge on any atom is -0.310 e. The molecule has 13 aromatic carbocycles. The van der Waals surface area contributed by atoms with Gasteiger partial charge in [-0.25, -0.2) is 0 Å². The molecule has 0 unspecified atom stereocenters. The summed E-state index contributed by atoms with van der Waals surface area (Å²) in [5.74, 6) is 0. The first-order valence-corrected chi connectivity index (χ1v) is 24.3. The minimum atomic E-state index is 1.06. The number of para-hydroxylation sites is 4. The van der Waals surface area contributed by atoms with Gasteiger partial charge in [0.2, 0.25) is 0 Å². The van der Waals surface area contributed by atoms with Crippen LogP contribution in [0.1, 0.15) is 0 Å². The summed E-state index contributed by atoms with van der Waals surface area (Å²) in [5, 5.41) is 11.8. The zero-order chi connectivity index (χ0) is 47.1. The summed E-state index contributed by atoms with van der Waals surface area (Å²) < 4.78 is 0. The Labute approximate surface area is 414 Å². The van der Waals surface area contributed by atoms with E-state index >= 15 is 0 Å². The quantitative estimate of drug-likeness (QED) is 0.127. The second-order valence-electron chi connectivity index (χ2n) is 18.1. The summed E-state index contributed by atoms with van der Waals surface area (Å²) in [6.45, 7) is 0. The maximum Gasteiger partial charge on any atom is 0.0619 e. The number of hydrogen-bond donors (Lipinski definition) is 0. The third kappa shape index (κ3) is 7.49. The molecule has 0 aliphatic carbocycles. The predicted molar refractivity (Wildman–Crippen MR) is 303 cm³/mol. The van der Waals surface area contributed by atoms with E-state index in [0.29, 0.717) is 0 Å². The van der Waals surface area contributed by atoms with Crippen molar-refractivity contribution < 1.29 is 0 Å². The lowest BCUT2D eigenvalue weighted by molar-refractivity contribution is 1.29. The topological polar surface area (TPSA) is 9.72 Å². The van der Waals surface area contributed by atoms with Gasteiger partial charge in [-0.3, -0.25) is 0 Å². The number of rotatable bonds is 10. The largest absolute Gasteiger partial charge is 0.310 e. The lowest BCUT2D eigenvalue weighted by Crippen LogP contribution is -2.13. The second kappa shape index (κ2) is 17.9. The lowest BCUT2D eigenvalue weighted by Gasteiger charge is -2.32. The average Bonchev–Trinajstić information content (AvgIpc) is 3.44. The van der Waals surface area contributed by atoms with E-state index in [9.17, 15) is 0 Å². The van der Waals surface area contributed by atoms with Gasteiger partial charge >= 0.3 is 0 Å². The van der Waals surface area contributed by atoms with Crippen molar-refractivity contribution in [3.05, 3.63) is 285 Å². The Kier molecular flexibility index (Phi) is 10.5. The van der Waals surface area contributed by atoms with E-state index < -0.39 is 0 Å². The van der Waals surface area contributed by atoms with Crippen LogP contribution in [-0.2, 0) is 0 Å². The number of hydrogen-bond acceptors (Lipinski definition) is 3. The van der Waals surface area contributed by atoms with Crippen LogP contribution in [0.3, 0.4) is 0 Å². The second-order valence-corrected chi connectivity index (χ2v) is 18.1. The van der Waals surface area contributed by atoms with Crippen molar-refractivity contribution in [1.29, 1.82) is 0 Å². The molecule has 71 heavy (non-hydrogen) atoms. The number of benzene rings is 13. The maximum absolute atomic E-state index is 2.46. The molecular weight excluding hydrogens is 859 g/mol. The van der Waals surface area contributed by atoms with Gasteiger partial charge in [-0.2, -0.15) is 0 Å². The molecule has 0 radical (unpaired) electrons. The van der Waals surface area contributed by atoms with Crippen molar-refractivity contribution >= 4 is 105 Å². The molecule has 0 aromatic heterocycles. The SMILES string of the molecule is c1ccc(N(c2ccc3c(N(c4ccccc4)c4ccccc4)c4cc(N(c5ccccc5)c5cccc6ccccc56)ccc4c(-c4ccc5ccccc5c4)c3c2)c2cccc3ccccc23)cc1. The van der Waals surface area contributed by atoms with Crippen LogP contribution in [-0.4, -0.2) is 0 Å². The molecule has 334 valence electrons. The molecule has 0 aliphatic rings. The van der Waals surface area contributed by atoms with E-state index in [1.54, 1.807) is 0 Å². The standard InChI is InChI=1S/C68H47N3/c1-5-27-53(28-6-1)69(65-37-19-25-49-22-15-17-35-59(49)65)57-42-44-62-63(46-57)67(52-40-39-48-21-13-14-24-51(48)45-52)61-43-41-58(47-64(61)68(62)71(55-31-9-3-10-32-55)56-33-11-4-12-34-56)70(54-29-7-2-8-30-54)66-38-20-26-50-23-16-18-36-60(50)66/h1-47H. The van der Waals surface area contributed by atoms with Gasteiger partial charge in [-0.1, -0.05) is 194 Å². The highest BCUT2D eigenvalue weighted by atomic mass is 15.2. The molecule has 13 rings (SSSR count).